The summed E-state index contributed by atoms with van der Waals surface area (Å²) in [6.45, 7) is 5.83. The molecule has 0 spiro atoms. The highest BCUT2D eigenvalue weighted by molar-refractivity contribution is 5.91. The summed E-state index contributed by atoms with van der Waals surface area (Å²) in [4.78, 5) is 31.9. The van der Waals surface area contributed by atoms with Gasteiger partial charge in [0.25, 0.3) is 5.56 Å². The minimum Gasteiger partial charge on any atom is -0.310 e. The molecule has 0 bridgehead atoms. The molecule has 1 aliphatic carbocycles. The Bertz CT molecular complexity index is 817. The van der Waals surface area contributed by atoms with E-state index in [9.17, 15) is 9.59 Å². The van der Waals surface area contributed by atoms with Gasteiger partial charge < -0.3 is 5.32 Å². The molecule has 128 valence electrons. The molecule has 24 heavy (non-hydrogen) atoms. The van der Waals surface area contributed by atoms with E-state index in [1.807, 2.05) is 20.8 Å². The second kappa shape index (κ2) is 6.59. The van der Waals surface area contributed by atoms with Crippen molar-refractivity contribution in [1.82, 2.24) is 19.7 Å². The summed E-state index contributed by atoms with van der Waals surface area (Å²) in [5.74, 6) is 0.810. The number of aromatic nitrogens is 4. The number of hydrogen-bond acceptors (Lipinski definition) is 4. The van der Waals surface area contributed by atoms with Gasteiger partial charge in [0.1, 0.15) is 5.82 Å². The maximum atomic E-state index is 12.4. The number of carbonyl (C=O) groups excluding carboxylic acids is 1. The smallest absolute Gasteiger partial charge is 0.255 e. The van der Waals surface area contributed by atoms with Gasteiger partial charge in [0.2, 0.25) is 11.9 Å². The second-order valence-electron chi connectivity index (χ2n) is 6.25. The van der Waals surface area contributed by atoms with Crippen LogP contribution in [0.15, 0.2) is 10.9 Å². The van der Waals surface area contributed by atoms with E-state index in [0.29, 0.717) is 11.8 Å². The van der Waals surface area contributed by atoms with Crippen molar-refractivity contribution in [1.29, 1.82) is 0 Å². The van der Waals surface area contributed by atoms with E-state index in [4.69, 9.17) is 0 Å². The largest absolute Gasteiger partial charge is 0.310 e. The van der Waals surface area contributed by atoms with Gasteiger partial charge in [-0.3, -0.25) is 14.6 Å². The van der Waals surface area contributed by atoms with E-state index in [2.05, 4.69) is 20.4 Å². The summed E-state index contributed by atoms with van der Waals surface area (Å²) in [7, 11) is 0. The quantitative estimate of drug-likeness (QED) is 0.879. The SMILES string of the molecule is CCC(CC)C(=O)Nc1cc(C)nn1-c1nc2c(c(=O)[nH]1)CCC2. The van der Waals surface area contributed by atoms with Gasteiger partial charge in [-0.15, -0.1) is 0 Å². The van der Waals surface area contributed by atoms with Crippen LogP contribution in [0.4, 0.5) is 5.82 Å². The van der Waals surface area contributed by atoms with Crippen LogP contribution in [-0.2, 0) is 17.6 Å². The molecule has 0 aromatic carbocycles. The zero-order chi connectivity index (χ0) is 17.3. The fourth-order valence-corrected chi connectivity index (χ4v) is 3.17. The second-order valence-corrected chi connectivity index (χ2v) is 6.25. The monoisotopic (exact) mass is 329 g/mol. The predicted molar refractivity (Wildman–Crippen MR) is 91.4 cm³/mol. The Morgan fingerprint density at radius 3 is 2.83 bits per heavy atom. The van der Waals surface area contributed by atoms with Crippen molar-refractivity contribution in [3.8, 4) is 5.95 Å². The summed E-state index contributed by atoms with van der Waals surface area (Å²) < 4.78 is 1.51. The Morgan fingerprint density at radius 1 is 1.38 bits per heavy atom. The zero-order valence-corrected chi connectivity index (χ0v) is 14.3. The first-order valence-electron chi connectivity index (χ1n) is 8.53. The summed E-state index contributed by atoms with van der Waals surface area (Å²) in [5, 5.41) is 7.30. The lowest BCUT2D eigenvalue weighted by Crippen LogP contribution is -2.24. The zero-order valence-electron chi connectivity index (χ0n) is 14.3. The lowest BCUT2D eigenvalue weighted by Gasteiger charge is -2.13. The van der Waals surface area contributed by atoms with E-state index >= 15 is 0 Å². The van der Waals surface area contributed by atoms with Crippen LogP contribution >= 0.6 is 0 Å². The Labute approximate surface area is 140 Å². The Balaban J connectivity index is 1.97. The average Bonchev–Trinajstić information content (AvgIpc) is 3.15. The Morgan fingerprint density at radius 2 is 2.12 bits per heavy atom. The lowest BCUT2D eigenvalue weighted by molar-refractivity contribution is -0.120. The van der Waals surface area contributed by atoms with E-state index in [1.165, 1.54) is 4.68 Å². The van der Waals surface area contributed by atoms with Gasteiger partial charge in [-0.25, -0.2) is 4.98 Å². The van der Waals surface area contributed by atoms with Crippen LogP contribution < -0.4 is 10.9 Å². The fourth-order valence-electron chi connectivity index (χ4n) is 3.17. The van der Waals surface area contributed by atoms with Crippen LogP contribution in [-0.4, -0.2) is 25.7 Å². The van der Waals surface area contributed by atoms with Crippen molar-refractivity contribution in [2.24, 2.45) is 5.92 Å². The van der Waals surface area contributed by atoms with Crippen molar-refractivity contribution in [2.45, 2.75) is 52.9 Å². The summed E-state index contributed by atoms with van der Waals surface area (Å²) in [5.41, 5.74) is 2.24. The molecule has 2 aromatic heterocycles. The van der Waals surface area contributed by atoms with Gasteiger partial charge in [0, 0.05) is 17.5 Å². The van der Waals surface area contributed by atoms with E-state index in [0.717, 1.165) is 49.1 Å². The molecule has 2 N–H and O–H groups in total. The summed E-state index contributed by atoms with van der Waals surface area (Å²) in [6, 6.07) is 1.79. The molecule has 0 saturated heterocycles. The molecule has 0 radical (unpaired) electrons. The van der Waals surface area contributed by atoms with Crippen molar-refractivity contribution in [3.05, 3.63) is 33.4 Å². The molecule has 0 aliphatic heterocycles. The number of H-pyrrole nitrogens is 1. The highest BCUT2D eigenvalue weighted by Gasteiger charge is 2.21. The number of aromatic amines is 1. The number of anilines is 1. The molecular formula is C17H23N5O2. The Kier molecular flexibility index (Phi) is 4.51. The Hall–Kier alpha value is -2.44. The average molecular weight is 329 g/mol. The highest BCUT2D eigenvalue weighted by atomic mass is 16.2. The molecule has 7 heteroatoms. The van der Waals surface area contributed by atoms with Gasteiger partial charge in [-0.1, -0.05) is 13.8 Å². The molecule has 2 aromatic rings. The number of rotatable bonds is 5. The van der Waals surface area contributed by atoms with Gasteiger partial charge in [-0.05, 0) is 39.0 Å². The summed E-state index contributed by atoms with van der Waals surface area (Å²) in [6.07, 6.45) is 4.09. The van der Waals surface area contributed by atoms with Gasteiger partial charge in [0.15, 0.2) is 0 Å². The van der Waals surface area contributed by atoms with Crippen LogP contribution in [0, 0.1) is 12.8 Å². The van der Waals surface area contributed by atoms with E-state index in [1.54, 1.807) is 6.07 Å². The predicted octanol–water partition coefficient (Wildman–Crippen LogP) is 2.13. The number of aryl methyl sites for hydroxylation is 2. The van der Waals surface area contributed by atoms with Crippen molar-refractivity contribution in [2.75, 3.05) is 5.32 Å². The number of nitrogens with zero attached hydrogens (tertiary/aromatic N) is 3. The number of fused-ring (bicyclic) bond motifs is 1. The first kappa shape index (κ1) is 16.4. The lowest BCUT2D eigenvalue weighted by atomic mass is 10.0. The molecule has 0 unspecified atom stereocenters. The van der Waals surface area contributed by atoms with Crippen LogP contribution in [0.2, 0.25) is 0 Å². The topological polar surface area (TPSA) is 92.7 Å². The van der Waals surface area contributed by atoms with Crippen molar-refractivity contribution in [3.63, 3.8) is 0 Å². The molecule has 0 fully saturated rings. The molecule has 3 rings (SSSR count). The molecule has 2 heterocycles. The molecule has 1 aliphatic rings. The van der Waals surface area contributed by atoms with Crippen molar-refractivity contribution >= 4 is 11.7 Å². The first-order valence-corrected chi connectivity index (χ1v) is 8.53. The van der Waals surface area contributed by atoms with Crippen molar-refractivity contribution < 1.29 is 4.79 Å². The third-order valence-corrected chi connectivity index (χ3v) is 4.57. The minimum absolute atomic E-state index is 0.0374. The first-order chi connectivity index (χ1) is 11.5. The molecular weight excluding hydrogens is 306 g/mol. The normalized spacial score (nSPS) is 13.3. The number of amides is 1. The van der Waals surface area contributed by atoms with Gasteiger partial charge in [-0.2, -0.15) is 9.78 Å². The number of carbonyl (C=O) groups is 1. The highest BCUT2D eigenvalue weighted by Crippen LogP contribution is 2.20. The van der Waals surface area contributed by atoms with Gasteiger partial charge in [0.05, 0.1) is 11.4 Å². The van der Waals surface area contributed by atoms with E-state index in [-0.39, 0.29) is 17.4 Å². The third kappa shape index (κ3) is 2.98. The van der Waals surface area contributed by atoms with Crippen LogP contribution in [0.5, 0.6) is 0 Å². The summed E-state index contributed by atoms with van der Waals surface area (Å²) >= 11 is 0. The third-order valence-electron chi connectivity index (χ3n) is 4.57. The number of nitrogens with one attached hydrogen (secondary N) is 2. The maximum Gasteiger partial charge on any atom is 0.255 e. The molecule has 1 amide bonds. The standard InChI is InChI=1S/C17H23N5O2/c1-4-11(5-2)15(23)19-14-9-10(3)21-22(14)17-18-13-8-6-7-12(13)16(24)20-17/h9,11H,4-8H2,1-3H3,(H,19,23)(H,18,20,24). The van der Waals surface area contributed by atoms with E-state index < -0.39 is 0 Å². The van der Waals surface area contributed by atoms with Gasteiger partial charge >= 0.3 is 0 Å². The molecule has 0 saturated carbocycles. The fraction of sp³-hybridized carbons (Fsp3) is 0.529. The maximum absolute atomic E-state index is 12.4. The van der Waals surface area contributed by atoms with Crippen LogP contribution in [0.3, 0.4) is 0 Å². The van der Waals surface area contributed by atoms with Crippen LogP contribution in [0.1, 0.15) is 50.1 Å². The molecule has 7 nitrogen and oxygen atoms in total. The number of hydrogen-bond donors (Lipinski definition) is 2. The minimum atomic E-state index is -0.113. The van der Waals surface area contributed by atoms with Crippen LogP contribution in [0.25, 0.3) is 5.95 Å². The molecule has 0 atom stereocenters.